The number of carbonyl (C=O) groups is 4. The Morgan fingerprint density at radius 1 is 1.11 bits per heavy atom. The lowest BCUT2D eigenvalue weighted by atomic mass is 10.0. The molecule has 0 fully saturated rings. The number of urea groups is 1. The first-order valence-corrected chi connectivity index (χ1v) is 5.56. The smallest absolute Gasteiger partial charge is 0.322 e. The van der Waals surface area contributed by atoms with E-state index in [1.165, 1.54) is 0 Å². The zero-order valence-electron chi connectivity index (χ0n) is 10.7. The van der Waals surface area contributed by atoms with Crippen LogP contribution in [0.3, 0.4) is 0 Å². The molecule has 6 N–H and O–H groups in total. The van der Waals surface area contributed by atoms with Gasteiger partial charge in [0.1, 0.15) is 12.6 Å². The summed E-state index contributed by atoms with van der Waals surface area (Å²) >= 11 is 0. The summed E-state index contributed by atoms with van der Waals surface area (Å²) in [6, 6.07) is -1.58. The van der Waals surface area contributed by atoms with Crippen LogP contribution in [-0.4, -0.2) is 48.1 Å². The van der Waals surface area contributed by atoms with Crippen molar-refractivity contribution in [1.29, 1.82) is 0 Å². The number of carbonyl (C=O) groups excluding carboxylic acids is 3. The quantitative estimate of drug-likeness (QED) is 0.363. The molecule has 0 saturated heterocycles. The van der Waals surface area contributed by atoms with Crippen LogP contribution in [0.15, 0.2) is 0 Å². The number of carboxylic acids is 1. The summed E-state index contributed by atoms with van der Waals surface area (Å²) in [5, 5.41) is 14.9. The summed E-state index contributed by atoms with van der Waals surface area (Å²) in [5.74, 6) is -2.71. The van der Waals surface area contributed by atoms with E-state index in [0.717, 1.165) is 0 Å². The molecule has 0 bridgehead atoms. The van der Waals surface area contributed by atoms with Gasteiger partial charge in [-0.05, 0) is 5.92 Å². The van der Waals surface area contributed by atoms with Gasteiger partial charge in [0.05, 0.1) is 6.54 Å². The number of hydrogen-bond donors (Lipinski definition) is 5. The third-order valence-corrected chi connectivity index (χ3v) is 2.11. The van der Waals surface area contributed by atoms with Crippen molar-refractivity contribution < 1.29 is 24.3 Å². The summed E-state index contributed by atoms with van der Waals surface area (Å²) in [5.41, 5.74) is 5.10. The van der Waals surface area contributed by atoms with Crippen molar-refractivity contribution in [2.45, 2.75) is 19.9 Å². The first-order chi connectivity index (χ1) is 8.73. The number of hydrogen-bond acceptors (Lipinski definition) is 4. The molecule has 4 amide bonds. The number of nitrogens with two attached hydrogens (primary N) is 1. The number of primary amides is 1. The van der Waals surface area contributed by atoms with Gasteiger partial charge in [-0.25, -0.2) is 4.79 Å². The second-order valence-electron chi connectivity index (χ2n) is 4.12. The fourth-order valence-corrected chi connectivity index (χ4v) is 1.16. The van der Waals surface area contributed by atoms with Crippen LogP contribution in [0.5, 0.6) is 0 Å². The van der Waals surface area contributed by atoms with Crippen molar-refractivity contribution in [3.8, 4) is 0 Å². The van der Waals surface area contributed by atoms with Crippen LogP contribution < -0.4 is 21.7 Å². The van der Waals surface area contributed by atoms with E-state index in [2.05, 4.69) is 16.0 Å². The Kier molecular flexibility index (Phi) is 6.94. The molecule has 9 heteroatoms. The highest BCUT2D eigenvalue weighted by atomic mass is 16.4. The molecule has 0 aromatic rings. The molecule has 0 aliphatic carbocycles. The molecule has 108 valence electrons. The molecule has 0 rings (SSSR count). The third-order valence-electron chi connectivity index (χ3n) is 2.11. The summed E-state index contributed by atoms with van der Waals surface area (Å²) in [6.45, 7) is 2.48. The molecule has 0 radical (unpaired) electrons. The Morgan fingerprint density at radius 2 is 1.68 bits per heavy atom. The molecule has 0 aromatic carbocycles. The van der Waals surface area contributed by atoms with Crippen LogP contribution in [0.4, 0.5) is 4.79 Å². The normalized spacial score (nSPS) is 11.5. The van der Waals surface area contributed by atoms with E-state index in [1.54, 1.807) is 13.8 Å². The van der Waals surface area contributed by atoms with Crippen LogP contribution in [0.25, 0.3) is 0 Å². The van der Waals surface area contributed by atoms with E-state index < -0.39 is 42.9 Å². The zero-order chi connectivity index (χ0) is 15.0. The highest BCUT2D eigenvalue weighted by Gasteiger charge is 2.21. The monoisotopic (exact) mass is 274 g/mol. The number of nitrogens with one attached hydrogen (secondary N) is 3. The maximum absolute atomic E-state index is 11.4. The predicted octanol–water partition coefficient (Wildman–Crippen LogP) is -2.00. The lowest BCUT2D eigenvalue weighted by Gasteiger charge is -2.19. The molecular weight excluding hydrogens is 256 g/mol. The summed E-state index contributed by atoms with van der Waals surface area (Å²) in [7, 11) is 0. The van der Waals surface area contributed by atoms with Gasteiger partial charge in [-0.2, -0.15) is 0 Å². The van der Waals surface area contributed by atoms with Crippen molar-refractivity contribution in [1.82, 2.24) is 16.0 Å². The molecule has 0 aliphatic rings. The summed E-state index contributed by atoms with van der Waals surface area (Å²) in [4.78, 5) is 43.7. The highest BCUT2D eigenvalue weighted by Crippen LogP contribution is 1.99. The molecule has 1 atom stereocenters. The summed E-state index contributed by atoms with van der Waals surface area (Å²) < 4.78 is 0. The molecule has 0 aliphatic heterocycles. The Hall–Kier alpha value is -2.32. The van der Waals surface area contributed by atoms with Gasteiger partial charge < -0.3 is 26.8 Å². The highest BCUT2D eigenvalue weighted by molar-refractivity contribution is 5.89. The van der Waals surface area contributed by atoms with E-state index in [9.17, 15) is 19.2 Å². The van der Waals surface area contributed by atoms with Gasteiger partial charge in [0.15, 0.2) is 0 Å². The number of aliphatic carboxylic acids is 1. The first-order valence-electron chi connectivity index (χ1n) is 5.56. The van der Waals surface area contributed by atoms with Gasteiger partial charge in [0.25, 0.3) is 0 Å². The molecule has 19 heavy (non-hydrogen) atoms. The number of amides is 4. The minimum atomic E-state index is -1.19. The fraction of sp³-hybridized carbons (Fsp3) is 0.600. The third kappa shape index (κ3) is 7.58. The van der Waals surface area contributed by atoms with Crippen LogP contribution in [0, 0.1) is 5.92 Å². The van der Waals surface area contributed by atoms with Crippen LogP contribution in [0.1, 0.15) is 13.8 Å². The Morgan fingerprint density at radius 3 is 2.11 bits per heavy atom. The van der Waals surface area contributed by atoms with Gasteiger partial charge in [-0.15, -0.1) is 0 Å². The van der Waals surface area contributed by atoms with Gasteiger partial charge in [-0.1, -0.05) is 13.8 Å². The van der Waals surface area contributed by atoms with Crippen LogP contribution in [0.2, 0.25) is 0 Å². The Balaban J connectivity index is 4.07. The first kappa shape index (κ1) is 16.7. The van der Waals surface area contributed by atoms with E-state index in [-0.39, 0.29) is 5.92 Å². The maximum Gasteiger partial charge on any atom is 0.322 e. The number of carboxylic acid groups (broad SMARTS) is 1. The lowest BCUT2D eigenvalue weighted by Crippen LogP contribution is -2.52. The molecule has 9 nitrogen and oxygen atoms in total. The second kappa shape index (κ2) is 7.90. The predicted molar refractivity (Wildman–Crippen MR) is 65.0 cm³/mol. The van der Waals surface area contributed by atoms with Gasteiger partial charge in [-0.3, -0.25) is 14.4 Å². The lowest BCUT2D eigenvalue weighted by molar-refractivity contribution is -0.137. The van der Waals surface area contributed by atoms with Crippen molar-refractivity contribution >= 4 is 23.8 Å². The largest absolute Gasteiger partial charge is 0.480 e. The average Bonchev–Trinajstić information content (AvgIpc) is 2.29. The van der Waals surface area contributed by atoms with Crippen molar-refractivity contribution in [2.24, 2.45) is 11.7 Å². The van der Waals surface area contributed by atoms with E-state index >= 15 is 0 Å². The van der Waals surface area contributed by atoms with Crippen molar-refractivity contribution in [2.75, 3.05) is 13.1 Å². The molecule has 0 saturated carbocycles. The van der Waals surface area contributed by atoms with Crippen molar-refractivity contribution in [3.05, 3.63) is 0 Å². The molecule has 1 unspecified atom stereocenters. The Labute approximate surface area is 109 Å². The van der Waals surface area contributed by atoms with E-state index in [4.69, 9.17) is 10.8 Å². The SMILES string of the molecule is CC(C)C(NC(=O)NCC(=O)NCC(=O)O)C(N)=O. The zero-order valence-corrected chi connectivity index (χ0v) is 10.7. The standard InChI is InChI=1S/C10H18N4O5/c1-5(2)8(9(11)18)14-10(19)13-3-6(15)12-4-7(16)17/h5,8H,3-4H2,1-2H3,(H2,11,18)(H,12,15)(H,16,17)(H2,13,14,19). The van der Waals surface area contributed by atoms with Crippen LogP contribution in [-0.2, 0) is 14.4 Å². The van der Waals surface area contributed by atoms with Gasteiger partial charge in [0, 0.05) is 0 Å². The maximum atomic E-state index is 11.4. The van der Waals surface area contributed by atoms with E-state index in [1.807, 2.05) is 0 Å². The van der Waals surface area contributed by atoms with Crippen molar-refractivity contribution in [3.63, 3.8) is 0 Å². The van der Waals surface area contributed by atoms with Gasteiger partial charge in [0.2, 0.25) is 11.8 Å². The van der Waals surface area contributed by atoms with Gasteiger partial charge >= 0.3 is 12.0 Å². The molecular formula is C10H18N4O5. The topological polar surface area (TPSA) is 151 Å². The molecule has 0 spiro atoms. The molecule has 0 aromatic heterocycles. The van der Waals surface area contributed by atoms with E-state index in [0.29, 0.717) is 0 Å². The summed E-state index contributed by atoms with van der Waals surface area (Å²) in [6.07, 6.45) is 0. The average molecular weight is 274 g/mol. The fourth-order valence-electron chi connectivity index (χ4n) is 1.16. The minimum absolute atomic E-state index is 0.191. The van der Waals surface area contributed by atoms with Crippen LogP contribution >= 0.6 is 0 Å². The molecule has 0 heterocycles. The Bertz CT molecular complexity index is 369. The second-order valence-corrected chi connectivity index (χ2v) is 4.12. The number of rotatable bonds is 7. The minimum Gasteiger partial charge on any atom is -0.480 e.